The zero-order valence-corrected chi connectivity index (χ0v) is 11.5. The van der Waals surface area contributed by atoms with Gasteiger partial charge in [-0.25, -0.2) is 4.39 Å². The summed E-state index contributed by atoms with van der Waals surface area (Å²) in [7, 11) is 0. The van der Waals surface area contributed by atoms with E-state index in [9.17, 15) is 4.39 Å². The molecule has 2 aliphatic rings. The van der Waals surface area contributed by atoms with Crippen LogP contribution < -0.4 is 10.5 Å². The van der Waals surface area contributed by atoms with Crippen LogP contribution in [0, 0.1) is 11.7 Å². The first-order valence-electron chi connectivity index (χ1n) is 7.36. The molecule has 1 heterocycles. The SMILES string of the molecule is CCC1CCC2(CC1)CC(N)c1cc(F)ccc1O2. The van der Waals surface area contributed by atoms with E-state index in [2.05, 4.69) is 6.92 Å². The van der Waals surface area contributed by atoms with Crippen LogP contribution in [0.1, 0.15) is 57.1 Å². The lowest BCUT2D eigenvalue weighted by Gasteiger charge is -2.45. The van der Waals surface area contributed by atoms with E-state index < -0.39 is 0 Å². The van der Waals surface area contributed by atoms with Gasteiger partial charge in [0.05, 0.1) is 0 Å². The molecule has 19 heavy (non-hydrogen) atoms. The van der Waals surface area contributed by atoms with Crippen LogP contribution in [0.5, 0.6) is 5.75 Å². The highest BCUT2D eigenvalue weighted by atomic mass is 19.1. The molecule has 0 radical (unpaired) electrons. The summed E-state index contributed by atoms with van der Waals surface area (Å²) in [5.74, 6) is 1.39. The van der Waals surface area contributed by atoms with Gasteiger partial charge < -0.3 is 10.5 Å². The smallest absolute Gasteiger partial charge is 0.125 e. The normalized spacial score (nSPS) is 33.8. The number of rotatable bonds is 1. The second-order valence-electron chi connectivity index (χ2n) is 6.13. The molecule has 1 spiro atoms. The molecule has 0 amide bonds. The van der Waals surface area contributed by atoms with Gasteiger partial charge in [0.15, 0.2) is 0 Å². The zero-order chi connectivity index (χ0) is 13.5. The highest BCUT2D eigenvalue weighted by Crippen LogP contribution is 2.46. The van der Waals surface area contributed by atoms with Gasteiger partial charge >= 0.3 is 0 Å². The fourth-order valence-corrected chi connectivity index (χ4v) is 3.61. The highest BCUT2D eigenvalue weighted by Gasteiger charge is 2.42. The second-order valence-corrected chi connectivity index (χ2v) is 6.13. The van der Waals surface area contributed by atoms with Gasteiger partial charge in [-0.1, -0.05) is 13.3 Å². The van der Waals surface area contributed by atoms with E-state index in [0.29, 0.717) is 0 Å². The second kappa shape index (κ2) is 4.78. The van der Waals surface area contributed by atoms with Crippen LogP contribution in [-0.2, 0) is 0 Å². The minimum Gasteiger partial charge on any atom is -0.487 e. The molecule has 1 aromatic carbocycles. The molecular weight excluding hydrogens is 241 g/mol. The largest absolute Gasteiger partial charge is 0.487 e. The van der Waals surface area contributed by atoms with E-state index in [0.717, 1.165) is 36.5 Å². The van der Waals surface area contributed by atoms with Gasteiger partial charge in [0, 0.05) is 18.0 Å². The van der Waals surface area contributed by atoms with Gasteiger partial charge in [0.1, 0.15) is 17.2 Å². The molecule has 3 rings (SSSR count). The van der Waals surface area contributed by atoms with E-state index in [4.69, 9.17) is 10.5 Å². The van der Waals surface area contributed by atoms with Crippen LogP contribution >= 0.6 is 0 Å². The Labute approximate surface area is 114 Å². The van der Waals surface area contributed by atoms with Crippen LogP contribution in [0.3, 0.4) is 0 Å². The predicted octanol–water partition coefficient (Wildman–Crippen LogP) is 3.95. The minimum absolute atomic E-state index is 0.0994. The Hall–Kier alpha value is -1.09. The topological polar surface area (TPSA) is 35.2 Å². The van der Waals surface area contributed by atoms with Gasteiger partial charge in [-0.3, -0.25) is 0 Å². The van der Waals surface area contributed by atoms with Gasteiger partial charge in [-0.05, 0) is 49.8 Å². The Morgan fingerprint density at radius 3 is 2.79 bits per heavy atom. The summed E-state index contributed by atoms with van der Waals surface area (Å²) in [6, 6.07) is 4.61. The Bertz CT molecular complexity index is 466. The zero-order valence-electron chi connectivity index (χ0n) is 11.5. The molecule has 0 saturated heterocycles. The number of nitrogens with two attached hydrogens (primary N) is 1. The molecule has 1 aliphatic heterocycles. The Balaban J connectivity index is 1.83. The maximum absolute atomic E-state index is 13.3. The number of benzene rings is 1. The van der Waals surface area contributed by atoms with Crippen LogP contribution in [0.2, 0.25) is 0 Å². The van der Waals surface area contributed by atoms with Crippen LogP contribution in [-0.4, -0.2) is 5.60 Å². The fraction of sp³-hybridized carbons (Fsp3) is 0.625. The highest BCUT2D eigenvalue weighted by molar-refractivity contribution is 5.39. The quantitative estimate of drug-likeness (QED) is 0.832. The third-order valence-electron chi connectivity index (χ3n) is 4.88. The van der Waals surface area contributed by atoms with Gasteiger partial charge in [-0.15, -0.1) is 0 Å². The molecule has 0 aromatic heterocycles. The van der Waals surface area contributed by atoms with E-state index in [1.165, 1.54) is 31.4 Å². The Morgan fingerprint density at radius 1 is 1.37 bits per heavy atom. The lowest BCUT2D eigenvalue weighted by Crippen LogP contribution is -2.45. The molecule has 3 heteroatoms. The average Bonchev–Trinajstić information content (AvgIpc) is 2.41. The van der Waals surface area contributed by atoms with Gasteiger partial charge in [-0.2, -0.15) is 0 Å². The lowest BCUT2D eigenvalue weighted by atomic mass is 9.73. The van der Waals surface area contributed by atoms with Crippen molar-refractivity contribution < 1.29 is 9.13 Å². The van der Waals surface area contributed by atoms with Crippen molar-refractivity contribution in [3.63, 3.8) is 0 Å². The lowest BCUT2D eigenvalue weighted by molar-refractivity contribution is -0.0111. The maximum atomic E-state index is 13.3. The minimum atomic E-state index is -0.233. The molecule has 1 unspecified atom stereocenters. The molecule has 104 valence electrons. The first kappa shape index (κ1) is 12.9. The maximum Gasteiger partial charge on any atom is 0.125 e. The van der Waals surface area contributed by atoms with Crippen molar-refractivity contribution in [3.8, 4) is 5.75 Å². The van der Waals surface area contributed by atoms with Crippen molar-refractivity contribution in [1.29, 1.82) is 0 Å². The summed E-state index contributed by atoms with van der Waals surface area (Å²) in [5, 5.41) is 0. The summed E-state index contributed by atoms with van der Waals surface area (Å²) < 4.78 is 19.5. The van der Waals surface area contributed by atoms with Crippen molar-refractivity contribution in [2.75, 3.05) is 0 Å². The molecule has 1 fully saturated rings. The summed E-state index contributed by atoms with van der Waals surface area (Å²) in [5.41, 5.74) is 6.96. The van der Waals surface area contributed by atoms with Gasteiger partial charge in [0.2, 0.25) is 0 Å². The number of ether oxygens (including phenoxy) is 1. The number of fused-ring (bicyclic) bond motifs is 1. The molecule has 2 N–H and O–H groups in total. The van der Waals surface area contributed by atoms with E-state index >= 15 is 0 Å². The molecule has 1 aliphatic carbocycles. The van der Waals surface area contributed by atoms with E-state index in [-0.39, 0.29) is 17.5 Å². The van der Waals surface area contributed by atoms with E-state index in [1.54, 1.807) is 6.07 Å². The monoisotopic (exact) mass is 263 g/mol. The van der Waals surface area contributed by atoms with E-state index in [1.807, 2.05) is 0 Å². The van der Waals surface area contributed by atoms with Crippen molar-refractivity contribution >= 4 is 0 Å². The van der Waals surface area contributed by atoms with Crippen LogP contribution in [0.15, 0.2) is 18.2 Å². The number of halogens is 1. The van der Waals surface area contributed by atoms with Crippen molar-refractivity contribution in [2.24, 2.45) is 11.7 Å². The number of hydrogen-bond acceptors (Lipinski definition) is 2. The standard InChI is InChI=1S/C16H22FNO/c1-2-11-5-7-16(8-6-11)10-14(18)13-9-12(17)3-4-15(13)19-16/h3-4,9,11,14H,2,5-8,10,18H2,1H3. The third kappa shape index (κ3) is 2.36. The first-order chi connectivity index (χ1) is 9.12. The van der Waals surface area contributed by atoms with Gasteiger partial charge in [0.25, 0.3) is 0 Å². The fourth-order valence-electron chi connectivity index (χ4n) is 3.61. The summed E-state index contributed by atoms with van der Waals surface area (Å²) in [6.07, 6.45) is 6.68. The molecule has 1 aromatic rings. The molecule has 1 atom stereocenters. The molecular formula is C16H22FNO. The molecule has 1 saturated carbocycles. The summed E-state index contributed by atoms with van der Waals surface area (Å²) in [4.78, 5) is 0. The Kier molecular flexibility index (Phi) is 3.25. The third-order valence-corrected chi connectivity index (χ3v) is 4.88. The molecule has 2 nitrogen and oxygen atoms in total. The predicted molar refractivity (Wildman–Crippen MR) is 73.6 cm³/mol. The van der Waals surface area contributed by atoms with Crippen molar-refractivity contribution in [2.45, 2.75) is 57.1 Å². The Morgan fingerprint density at radius 2 is 2.11 bits per heavy atom. The average molecular weight is 263 g/mol. The summed E-state index contributed by atoms with van der Waals surface area (Å²) >= 11 is 0. The summed E-state index contributed by atoms with van der Waals surface area (Å²) in [6.45, 7) is 2.26. The van der Waals surface area contributed by atoms with Crippen LogP contribution in [0.4, 0.5) is 4.39 Å². The first-order valence-corrected chi connectivity index (χ1v) is 7.36. The number of hydrogen-bond donors (Lipinski definition) is 1. The molecule has 0 bridgehead atoms. The van der Waals surface area contributed by atoms with Crippen LogP contribution in [0.25, 0.3) is 0 Å². The van der Waals surface area contributed by atoms with Crippen molar-refractivity contribution in [3.05, 3.63) is 29.6 Å². The van der Waals surface area contributed by atoms with Crippen molar-refractivity contribution in [1.82, 2.24) is 0 Å².